The van der Waals surface area contributed by atoms with Crippen LogP contribution < -0.4 is 4.74 Å². The van der Waals surface area contributed by atoms with E-state index < -0.39 is 0 Å². The van der Waals surface area contributed by atoms with Gasteiger partial charge in [-0.25, -0.2) is 4.39 Å². The molecule has 18 heavy (non-hydrogen) atoms. The predicted octanol–water partition coefficient (Wildman–Crippen LogP) is 4.47. The molecule has 3 rings (SSSR count). The van der Waals surface area contributed by atoms with E-state index in [-0.39, 0.29) is 5.82 Å². The topological polar surface area (TPSA) is 9.23 Å². The Labute approximate surface area is 110 Å². The lowest BCUT2D eigenvalue weighted by Gasteiger charge is -2.21. The van der Waals surface area contributed by atoms with E-state index in [1.165, 1.54) is 6.07 Å². The van der Waals surface area contributed by atoms with Crippen LogP contribution in [0.4, 0.5) is 4.39 Å². The van der Waals surface area contributed by atoms with Gasteiger partial charge in [0.25, 0.3) is 0 Å². The Morgan fingerprint density at radius 1 is 1.11 bits per heavy atom. The normalized spacial score (nSPS) is 13.9. The highest BCUT2D eigenvalue weighted by Gasteiger charge is 2.18. The summed E-state index contributed by atoms with van der Waals surface area (Å²) in [5, 5.41) is 0.623. The number of ether oxygens (including phenoxy) is 1. The Morgan fingerprint density at radius 2 is 1.94 bits per heavy atom. The molecule has 0 N–H and O–H groups in total. The average molecular weight is 263 g/mol. The Balaban J connectivity index is 2.23. The van der Waals surface area contributed by atoms with E-state index in [0.29, 0.717) is 17.2 Å². The number of rotatable bonds is 1. The van der Waals surface area contributed by atoms with Gasteiger partial charge in [0.05, 0.1) is 6.61 Å². The van der Waals surface area contributed by atoms with Crippen LogP contribution in [0.2, 0.25) is 5.02 Å². The standard InChI is InChI=1S/C15H12ClFO/c16-11-8-10-4-3-7-18-15(10)13(9-11)12-5-1-2-6-14(12)17/h1-2,5-6,8-9H,3-4,7H2. The molecule has 1 heterocycles. The summed E-state index contributed by atoms with van der Waals surface area (Å²) in [6.45, 7) is 0.677. The molecule has 0 aliphatic carbocycles. The van der Waals surface area contributed by atoms with E-state index in [0.717, 1.165) is 29.7 Å². The molecule has 2 aromatic rings. The van der Waals surface area contributed by atoms with Gasteiger partial charge in [0, 0.05) is 16.1 Å². The van der Waals surface area contributed by atoms with Crippen molar-refractivity contribution in [3.05, 3.63) is 52.8 Å². The van der Waals surface area contributed by atoms with E-state index in [1.807, 2.05) is 12.1 Å². The molecule has 92 valence electrons. The molecule has 1 nitrogen and oxygen atoms in total. The van der Waals surface area contributed by atoms with Crippen LogP contribution in [0.25, 0.3) is 11.1 Å². The lowest BCUT2D eigenvalue weighted by molar-refractivity contribution is 0.289. The van der Waals surface area contributed by atoms with Crippen LogP contribution in [0.3, 0.4) is 0 Å². The van der Waals surface area contributed by atoms with Crippen LogP contribution in [0.15, 0.2) is 36.4 Å². The Bertz CT molecular complexity index is 595. The second-order valence-electron chi connectivity index (χ2n) is 4.37. The summed E-state index contributed by atoms with van der Waals surface area (Å²) in [4.78, 5) is 0. The summed E-state index contributed by atoms with van der Waals surface area (Å²) in [5.74, 6) is 0.520. The van der Waals surface area contributed by atoms with Crippen molar-refractivity contribution in [2.75, 3.05) is 6.61 Å². The molecule has 0 saturated carbocycles. The summed E-state index contributed by atoms with van der Waals surface area (Å²) < 4.78 is 19.6. The summed E-state index contributed by atoms with van der Waals surface area (Å²) in [6.07, 6.45) is 1.90. The Hall–Kier alpha value is -1.54. The number of aryl methyl sites for hydroxylation is 1. The number of benzene rings is 2. The summed E-state index contributed by atoms with van der Waals surface area (Å²) in [6, 6.07) is 10.4. The highest BCUT2D eigenvalue weighted by Crippen LogP contribution is 2.39. The number of hydrogen-bond donors (Lipinski definition) is 0. The number of hydrogen-bond acceptors (Lipinski definition) is 1. The molecule has 1 aliphatic rings. The first-order chi connectivity index (χ1) is 8.75. The minimum atomic E-state index is -0.254. The highest BCUT2D eigenvalue weighted by atomic mass is 35.5. The number of fused-ring (bicyclic) bond motifs is 1. The fourth-order valence-electron chi connectivity index (χ4n) is 2.32. The molecular weight excluding hydrogens is 251 g/mol. The molecule has 0 amide bonds. The Morgan fingerprint density at radius 3 is 2.78 bits per heavy atom. The lowest BCUT2D eigenvalue weighted by Crippen LogP contribution is -2.09. The maximum absolute atomic E-state index is 13.9. The van der Waals surface area contributed by atoms with Crippen molar-refractivity contribution in [1.29, 1.82) is 0 Å². The van der Waals surface area contributed by atoms with E-state index >= 15 is 0 Å². The van der Waals surface area contributed by atoms with Gasteiger partial charge in [-0.2, -0.15) is 0 Å². The SMILES string of the molecule is Fc1ccccc1-c1cc(Cl)cc2c1OCCC2. The molecule has 1 aliphatic heterocycles. The fourth-order valence-corrected chi connectivity index (χ4v) is 2.56. The van der Waals surface area contributed by atoms with Crippen LogP contribution in [-0.4, -0.2) is 6.61 Å². The van der Waals surface area contributed by atoms with Gasteiger partial charge in [-0.3, -0.25) is 0 Å². The van der Waals surface area contributed by atoms with Crippen molar-refractivity contribution >= 4 is 11.6 Å². The van der Waals surface area contributed by atoms with Crippen molar-refractivity contribution in [2.24, 2.45) is 0 Å². The molecule has 0 spiro atoms. The third-order valence-corrected chi connectivity index (χ3v) is 3.35. The molecule has 0 aromatic heterocycles. The van der Waals surface area contributed by atoms with Crippen LogP contribution in [0, 0.1) is 5.82 Å². The highest BCUT2D eigenvalue weighted by molar-refractivity contribution is 6.31. The van der Waals surface area contributed by atoms with Crippen LogP contribution in [0.1, 0.15) is 12.0 Å². The van der Waals surface area contributed by atoms with E-state index in [4.69, 9.17) is 16.3 Å². The van der Waals surface area contributed by atoms with Crippen molar-refractivity contribution < 1.29 is 9.13 Å². The van der Waals surface area contributed by atoms with Gasteiger partial charge >= 0.3 is 0 Å². The molecule has 0 bridgehead atoms. The zero-order chi connectivity index (χ0) is 12.5. The monoisotopic (exact) mass is 262 g/mol. The van der Waals surface area contributed by atoms with Gasteiger partial charge in [0.2, 0.25) is 0 Å². The Kier molecular flexibility index (Phi) is 2.96. The molecule has 0 radical (unpaired) electrons. The molecule has 3 heteroatoms. The third kappa shape index (κ3) is 1.97. The molecule has 0 atom stereocenters. The van der Waals surface area contributed by atoms with Crippen molar-refractivity contribution in [3.8, 4) is 16.9 Å². The van der Waals surface area contributed by atoms with E-state index in [1.54, 1.807) is 18.2 Å². The van der Waals surface area contributed by atoms with Gasteiger partial charge in [-0.15, -0.1) is 0 Å². The first-order valence-electron chi connectivity index (χ1n) is 5.96. The summed E-state index contributed by atoms with van der Waals surface area (Å²) >= 11 is 6.11. The first-order valence-corrected chi connectivity index (χ1v) is 6.33. The summed E-state index contributed by atoms with van der Waals surface area (Å²) in [7, 11) is 0. The van der Waals surface area contributed by atoms with Crippen LogP contribution in [-0.2, 0) is 6.42 Å². The fraction of sp³-hybridized carbons (Fsp3) is 0.200. The van der Waals surface area contributed by atoms with E-state index in [9.17, 15) is 4.39 Å². The zero-order valence-corrected chi connectivity index (χ0v) is 10.5. The van der Waals surface area contributed by atoms with Gasteiger partial charge in [-0.05, 0) is 36.6 Å². The smallest absolute Gasteiger partial charge is 0.131 e. The predicted molar refractivity (Wildman–Crippen MR) is 70.7 cm³/mol. The van der Waals surface area contributed by atoms with Gasteiger partial charge in [-0.1, -0.05) is 29.8 Å². The van der Waals surface area contributed by atoms with Gasteiger partial charge in [0.15, 0.2) is 0 Å². The minimum absolute atomic E-state index is 0.254. The largest absolute Gasteiger partial charge is 0.493 e. The molecule has 0 fully saturated rings. The summed E-state index contributed by atoms with van der Waals surface area (Å²) in [5.41, 5.74) is 2.35. The second kappa shape index (κ2) is 4.62. The molecular formula is C15H12ClFO. The van der Waals surface area contributed by atoms with Crippen LogP contribution in [0.5, 0.6) is 5.75 Å². The third-order valence-electron chi connectivity index (χ3n) is 3.13. The number of halogens is 2. The van der Waals surface area contributed by atoms with Crippen LogP contribution >= 0.6 is 11.6 Å². The van der Waals surface area contributed by atoms with Crippen molar-refractivity contribution in [3.63, 3.8) is 0 Å². The quantitative estimate of drug-likeness (QED) is 0.737. The minimum Gasteiger partial charge on any atom is -0.493 e. The zero-order valence-electron chi connectivity index (χ0n) is 9.75. The van der Waals surface area contributed by atoms with Gasteiger partial charge in [0.1, 0.15) is 11.6 Å². The second-order valence-corrected chi connectivity index (χ2v) is 4.81. The first kappa shape index (κ1) is 11.5. The van der Waals surface area contributed by atoms with Crippen molar-refractivity contribution in [2.45, 2.75) is 12.8 Å². The van der Waals surface area contributed by atoms with Gasteiger partial charge < -0.3 is 4.74 Å². The average Bonchev–Trinajstić information content (AvgIpc) is 2.38. The van der Waals surface area contributed by atoms with Crippen molar-refractivity contribution in [1.82, 2.24) is 0 Å². The lowest BCUT2D eigenvalue weighted by atomic mass is 9.97. The maximum Gasteiger partial charge on any atom is 0.131 e. The molecule has 0 unspecified atom stereocenters. The maximum atomic E-state index is 13.9. The van der Waals surface area contributed by atoms with E-state index in [2.05, 4.69) is 0 Å². The molecule has 0 saturated heterocycles. The molecule has 2 aromatic carbocycles.